The van der Waals surface area contributed by atoms with Crippen molar-refractivity contribution < 1.29 is 4.79 Å². The number of hydrogen-bond acceptors (Lipinski definition) is 5. The first-order valence-electron chi connectivity index (χ1n) is 7.58. The minimum Gasteiger partial charge on any atom is -0.370 e. The molecular weight excluding hydrogens is 296 g/mol. The topological polar surface area (TPSA) is 71.2 Å². The van der Waals surface area contributed by atoms with Crippen LogP contribution in [0.3, 0.4) is 0 Å². The van der Waals surface area contributed by atoms with Gasteiger partial charge in [-0.2, -0.15) is 0 Å². The van der Waals surface area contributed by atoms with E-state index in [4.69, 9.17) is 5.73 Å². The van der Waals surface area contributed by atoms with Crippen molar-refractivity contribution in [1.29, 1.82) is 0 Å². The van der Waals surface area contributed by atoms with Crippen LogP contribution in [-0.2, 0) is 6.42 Å². The van der Waals surface area contributed by atoms with Crippen LogP contribution in [-0.4, -0.2) is 30.5 Å². The SMILES string of the molecule is NCCc1nc(C(=O)Nc2ccccc2N2CCCC2)cs1. The molecule has 1 aliphatic rings. The fourth-order valence-electron chi connectivity index (χ4n) is 2.65. The molecule has 1 amide bonds. The highest BCUT2D eigenvalue weighted by molar-refractivity contribution is 7.09. The maximum absolute atomic E-state index is 12.4. The van der Waals surface area contributed by atoms with Gasteiger partial charge in [0.15, 0.2) is 0 Å². The van der Waals surface area contributed by atoms with Crippen LogP contribution in [0.15, 0.2) is 29.6 Å². The number of rotatable bonds is 5. The van der Waals surface area contributed by atoms with Crippen LogP contribution in [0.2, 0.25) is 0 Å². The van der Waals surface area contributed by atoms with Gasteiger partial charge in [-0.15, -0.1) is 11.3 Å². The lowest BCUT2D eigenvalue weighted by molar-refractivity contribution is 0.102. The monoisotopic (exact) mass is 316 g/mol. The summed E-state index contributed by atoms with van der Waals surface area (Å²) in [5.74, 6) is -0.161. The first kappa shape index (κ1) is 15.0. The van der Waals surface area contributed by atoms with E-state index in [2.05, 4.69) is 21.3 Å². The van der Waals surface area contributed by atoms with Crippen LogP contribution < -0.4 is 16.0 Å². The fourth-order valence-corrected chi connectivity index (χ4v) is 3.45. The molecule has 0 spiro atoms. The van der Waals surface area contributed by atoms with Gasteiger partial charge in [-0.3, -0.25) is 4.79 Å². The molecule has 1 fully saturated rings. The zero-order valence-corrected chi connectivity index (χ0v) is 13.2. The molecule has 22 heavy (non-hydrogen) atoms. The summed E-state index contributed by atoms with van der Waals surface area (Å²) in [6, 6.07) is 7.95. The molecule has 1 aromatic carbocycles. The number of anilines is 2. The van der Waals surface area contributed by atoms with E-state index in [1.54, 1.807) is 5.38 Å². The first-order chi connectivity index (χ1) is 10.8. The second kappa shape index (κ2) is 6.89. The lowest BCUT2D eigenvalue weighted by Gasteiger charge is -2.21. The Morgan fingerprint density at radius 1 is 1.32 bits per heavy atom. The molecule has 5 nitrogen and oxygen atoms in total. The Balaban J connectivity index is 1.75. The highest BCUT2D eigenvalue weighted by atomic mass is 32.1. The van der Waals surface area contributed by atoms with Crippen molar-refractivity contribution in [3.8, 4) is 0 Å². The summed E-state index contributed by atoms with van der Waals surface area (Å²) in [4.78, 5) is 19.0. The molecular formula is C16H20N4OS. The van der Waals surface area contributed by atoms with Crippen LogP contribution in [0.1, 0.15) is 28.3 Å². The maximum Gasteiger partial charge on any atom is 0.275 e. The average molecular weight is 316 g/mol. The van der Waals surface area contributed by atoms with Gasteiger partial charge < -0.3 is 16.0 Å². The number of carbonyl (C=O) groups is 1. The van der Waals surface area contributed by atoms with E-state index in [1.807, 2.05) is 18.2 Å². The molecule has 2 aromatic rings. The molecule has 0 unspecified atom stereocenters. The van der Waals surface area contributed by atoms with E-state index >= 15 is 0 Å². The highest BCUT2D eigenvalue weighted by Gasteiger charge is 2.18. The Labute approximate surface area is 134 Å². The van der Waals surface area contributed by atoms with E-state index in [9.17, 15) is 4.79 Å². The number of nitrogens with one attached hydrogen (secondary N) is 1. The van der Waals surface area contributed by atoms with Crippen molar-refractivity contribution in [3.63, 3.8) is 0 Å². The van der Waals surface area contributed by atoms with Crippen molar-refractivity contribution in [2.24, 2.45) is 5.73 Å². The molecule has 1 aromatic heterocycles. The molecule has 3 N–H and O–H groups in total. The van der Waals surface area contributed by atoms with Gasteiger partial charge >= 0.3 is 0 Å². The van der Waals surface area contributed by atoms with Crippen LogP contribution in [0.4, 0.5) is 11.4 Å². The third-order valence-electron chi connectivity index (χ3n) is 3.74. The minimum atomic E-state index is -0.161. The predicted molar refractivity (Wildman–Crippen MR) is 90.7 cm³/mol. The number of para-hydroxylation sites is 2. The number of nitrogens with zero attached hydrogens (tertiary/aromatic N) is 2. The molecule has 1 aliphatic heterocycles. The quantitative estimate of drug-likeness (QED) is 0.889. The Morgan fingerprint density at radius 2 is 2.09 bits per heavy atom. The van der Waals surface area contributed by atoms with E-state index in [0.717, 1.165) is 29.5 Å². The van der Waals surface area contributed by atoms with Gasteiger partial charge in [0, 0.05) is 24.9 Å². The van der Waals surface area contributed by atoms with Crippen LogP contribution in [0.25, 0.3) is 0 Å². The zero-order valence-electron chi connectivity index (χ0n) is 12.4. The smallest absolute Gasteiger partial charge is 0.275 e. The van der Waals surface area contributed by atoms with Crippen molar-refractivity contribution in [3.05, 3.63) is 40.3 Å². The second-order valence-corrected chi connectivity index (χ2v) is 6.27. The van der Waals surface area contributed by atoms with Gasteiger partial charge in [0.05, 0.1) is 16.4 Å². The van der Waals surface area contributed by atoms with Crippen LogP contribution in [0.5, 0.6) is 0 Å². The number of amides is 1. The summed E-state index contributed by atoms with van der Waals surface area (Å²) < 4.78 is 0. The summed E-state index contributed by atoms with van der Waals surface area (Å²) in [5, 5.41) is 5.69. The summed E-state index contributed by atoms with van der Waals surface area (Å²) in [7, 11) is 0. The van der Waals surface area contributed by atoms with Gasteiger partial charge in [-0.1, -0.05) is 12.1 Å². The van der Waals surface area contributed by atoms with Crippen LogP contribution >= 0.6 is 11.3 Å². The van der Waals surface area contributed by atoms with Crippen LogP contribution in [0, 0.1) is 0 Å². The van der Waals surface area contributed by atoms with Gasteiger partial charge in [0.25, 0.3) is 5.91 Å². The molecule has 116 valence electrons. The summed E-state index contributed by atoms with van der Waals surface area (Å²) in [5.41, 5.74) is 7.92. The standard InChI is InChI=1S/C16H20N4OS/c17-8-7-15-18-13(11-22-15)16(21)19-12-5-1-2-6-14(12)20-9-3-4-10-20/h1-2,5-6,11H,3-4,7-10,17H2,(H,19,21). The lowest BCUT2D eigenvalue weighted by Crippen LogP contribution is -2.21. The third kappa shape index (κ3) is 3.28. The first-order valence-corrected chi connectivity index (χ1v) is 8.45. The number of thiazole rings is 1. The van der Waals surface area contributed by atoms with Gasteiger partial charge in [0.1, 0.15) is 5.69 Å². The van der Waals surface area contributed by atoms with Crippen molar-refractivity contribution in [2.45, 2.75) is 19.3 Å². The summed E-state index contributed by atoms with van der Waals surface area (Å²) in [6.07, 6.45) is 3.12. The van der Waals surface area contributed by atoms with E-state index in [-0.39, 0.29) is 5.91 Å². The van der Waals surface area contributed by atoms with Gasteiger partial charge in [-0.25, -0.2) is 4.98 Å². The molecule has 3 rings (SSSR count). The molecule has 0 atom stereocenters. The van der Waals surface area contributed by atoms with E-state index in [1.165, 1.54) is 24.2 Å². The Hall–Kier alpha value is -1.92. The Kier molecular flexibility index (Phi) is 4.70. The number of carbonyl (C=O) groups excluding carboxylic acids is 1. The average Bonchev–Trinajstić information content (AvgIpc) is 3.19. The zero-order chi connectivity index (χ0) is 15.4. The number of nitrogens with two attached hydrogens (primary N) is 1. The van der Waals surface area contributed by atoms with Gasteiger partial charge in [-0.05, 0) is 31.5 Å². The molecule has 0 saturated carbocycles. The molecule has 6 heteroatoms. The molecule has 1 saturated heterocycles. The highest BCUT2D eigenvalue weighted by Crippen LogP contribution is 2.29. The molecule has 2 heterocycles. The Bertz CT molecular complexity index is 649. The predicted octanol–water partition coefficient (Wildman–Crippen LogP) is 2.50. The Morgan fingerprint density at radius 3 is 2.86 bits per heavy atom. The number of hydrogen-bond donors (Lipinski definition) is 2. The van der Waals surface area contributed by atoms with Crippen molar-refractivity contribution >= 4 is 28.6 Å². The third-order valence-corrected chi connectivity index (χ3v) is 4.65. The number of benzene rings is 1. The largest absolute Gasteiger partial charge is 0.370 e. The van der Waals surface area contributed by atoms with Crippen molar-refractivity contribution in [2.75, 3.05) is 29.9 Å². The molecule has 0 radical (unpaired) electrons. The fraction of sp³-hybridized carbons (Fsp3) is 0.375. The number of aromatic nitrogens is 1. The van der Waals surface area contributed by atoms with E-state index < -0.39 is 0 Å². The summed E-state index contributed by atoms with van der Waals surface area (Å²) >= 11 is 1.48. The molecule has 0 aliphatic carbocycles. The summed E-state index contributed by atoms with van der Waals surface area (Å²) in [6.45, 7) is 2.64. The van der Waals surface area contributed by atoms with Crippen molar-refractivity contribution in [1.82, 2.24) is 4.98 Å². The molecule has 0 bridgehead atoms. The second-order valence-electron chi connectivity index (χ2n) is 5.33. The van der Waals surface area contributed by atoms with Gasteiger partial charge in [0.2, 0.25) is 0 Å². The minimum absolute atomic E-state index is 0.161. The normalized spacial score (nSPS) is 14.3. The van der Waals surface area contributed by atoms with E-state index in [0.29, 0.717) is 18.7 Å². The maximum atomic E-state index is 12.4. The lowest BCUT2D eigenvalue weighted by atomic mass is 10.2.